The molecule has 6 nitrogen and oxygen atoms in total. The van der Waals surface area contributed by atoms with Crippen molar-refractivity contribution in [1.82, 2.24) is 9.78 Å². The van der Waals surface area contributed by atoms with Gasteiger partial charge in [0.1, 0.15) is 0 Å². The third-order valence-electron chi connectivity index (χ3n) is 4.93. The van der Waals surface area contributed by atoms with Crippen LogP contribution in [0.25, 0.3) is 16.9 Å². The molecule has 0 unspecified atom stereocenters. The highest BCUT2D eigenvalue weighted by Gasteiger charge is 2.20. The highest BCUT2D eigenvalue weighted by Crippen LogP contribution is 2.25. The number of ether oxygens (including phenoxy) is 1. The van der Waals surface area contributed by atoms with E-state index >= 15 is 0 Å². The number of hydrogen-bond acceptors (Lipinski definition) is 4. The van der Waals surface area contributed by atoms with Crippen LogP contribution in [0.5, 0.6) is 0 Å². The van der Waals surface area contributed by atoms with Crippen LogP contribution in [0.1, 0.15) is 22.8 Å². The smallest absolute Gasteiger partial charge is 0.340 e. The summed E-state index contributed by atoms with van der Waals surface area (Å²) in [6.07, 6.45) is 0. The Morgan fingerprint density at radius 3 is 2.19 bits per heavy atom. The van der Waals surface area contributed by atoms with Crippen molar-refractivity contribution >= 4 is 17.4 Å². The van der Waals surface area contributed by atoms with E-state index in [-0.39, 0.29) is 5.56 Å². The van der Waals surface area contributed by atoms with Crippen molar-refractivity contribution in [3.63, 3.8) is 0 Å². The van der Waals surface area contributed by atoms with Gasteiger partial charge in [0, 0.05) is 5.56 Å². The fourth-order valence-corrected chi connectivity index (χ4v) is 3.44. The number of para-hydroxylation sites is 2. The molecule has 0 saturated heterocycles. The van der Waals surface area contributed by atoms with Crippen molar-refractivity contribution < 1.29 is 9.53 Å². The van der Waals surface area contributed by atoms with Crippen LogP contribution in [0.15, 0.2) is 94.7 Å². The fourth-order valence-electron chi connectivity index (χ4n) is 3.44. The quantitative estimate of drug-likeness (QED) is 0.380. The number of carbonyl (C=O) groups is 1. The Labute approximate surface area is 179 Å². The predicted octanol–water partition coefficient (Wildman–Crippen LogP) is 4.76. The summed E-state index contributed by atoms with van der Waals surface area (Å²) in [5.41, 5.74) is 3.73. The van der Waals surface area contributed by atoms with E-state index in [0.717, 1.165) is 11.3 Å². The molecule has 1 aromatic heterocycles. The molecule has 3 aromatic carbocycles. The predicted molar refractivity (Wildman–Crippen MR) is 121 cm³/mol. The molecule has 6 heteroatoms. The molecule has 1 N–H and O–H groups in total. The van der Waals surface area contributed by atoms with Crippen molar-refractivity contribution in [2.45, 2.75) is 6.92 Å². The van der Waals surface area contributed by atoms with Crippen LogP contribution in [0, 0.1) is 0 Å². The summed E-state index contributed by atoms with van der Waals surface area (Å²) in [5, 5.41) is 3.23. The Kier molecular flexibility index (Phi) is 5.62. The van der Waals surface area contributed by atoms with E-state index in [9.17, 15) is 9.59 Å². The van der Waals surface area contributed by atoms with Crippen LogP contribution in [0.3, 0.4) is 0 Å². The van der Waals surface area contributed by atoms with Gasteiger partial charge >= 0.3 is 5.97 Å². The highest BCUT2D eigenvalue weighted by atomic mass is 16.5. The number of aliphatic imine (C=N–C) groups is 1. The van der Waals surface area contributed by atoms with Gasteiger partial charge in [0.2, 0.25) is 0 Å². The first-order chi connectivity index (χ1) is 15.1. The van der Waals surface area contributed by atoms with Crippen LogP contribution < -0.4 is 5.56 Å². The van der Waals surface area contributed by atoms with Gasteiger partial charge in [-0.3, -0.25) is 14.9 Å². The molecule has 0 radical (unpaired) electrons. The zero-order chi connectivity index (χ0) is 21.8. The average Bonchev–Trinajstić information content (AvgIpc) is 3.17. The maximum atomic E-state index is 13.4. The van der Waals surface area contributed by atoms with E-state index in [1.807, 2.05) is 60.7 Å². The lowest BCUT2D eigenvalue weighted by molar-refractivity contribution is 0.0601. The van der Waals surface area contributed by atoms with E-state index in [1.165, 1.54) is 11.8 Å². The van der Waals surface area contributed by atoms with Crippen molar-refractivity contribution in [3.05, 3.63) is 106 Å². The third-order valence-corrected chi connectivity index (χ3v) is 4.93. The van der Waals surface area contributed by atoms with Crippen LogP contribution >= 0.6 is 0 Å². The molecule has 0 saturated carbocycles. The summed E-state index contributed by atoms with van der Waals surface area (Å²) in [4.78, 5) is 30.2. The fraction of sp³-hybridized carbons (Fsp3) is 0.0800. The minimum Gasteiger partial charge on any atom is -0.465 e. The summed E-state index contributed by atoms with van der Waals surface area (Å²) >= 11 is 0. The number of nitrogens with zero attached hydrogens (tertiary/aromatic N) is 2. The number of benzene rings is 3. The summed E-state index contributed by atoms with van der Waals surface area (Å²) in [6, 6.07) is 25.9. The summed E-state index contributed by atoms with van der Waals surface area (Å²) in [5.74, 6) is -0.480. The number of rotatable bonds is 5. The number of esters is 1. The zero-order valence-electron chi connectivity index (χ0n) is 17.2. The number of hydrogen-bond donors (Lipinski definition) is 1. The lowest BCUT2D eigenvalue weighted by Crippen LogP contribution is -2.19. The molecule has 154 valence electrons. The lowest BCUT2D eigenvalue weighted by Gasteiger charge is -2.06. The van der Waals surface area contributed by atoms with E-state index < -0.39 is 5.97 Å². The van der Waals surface area contributed by atoms with Gasteiger partial charge in [-0.25, -0.2) is 9.48 Å². The maximum Gasteiger partial charge on any atom is 0.340 e. The average molecular weight is 411 g/mol. The monoisotopic (exact) mass is 411 g/mol. The van der Waals surface area contributed by atoms with E-state index in [1.54, 1.807) is 31.2 Å². The standard InChI is InChI=1S/C25H21N3O3/c1-17(26-21-16-10-9-15-20(21)25(30)31-2)22-23(18-11-5-3-6-12-18)27-28(24(22)29)19-13-7-4-8-14-19/h3-16,27H,1-2H3. The summed E-state index contributed by atoms with van der Waals surface area (Å²) < 4.78 is 6.37. The molecule has 0 spiro atoms. The van der Waals surface area contributed by atoms with Crippen molar-refractivity contribution in [2.24, 2.45) is 4.99 Å². The van der Waals surface area contributed by atoms with Gasteiger partial charge < -0.3 is 4.74 Å². The number of nitrogens with one attached hydrogen (secondary N) is 1. The second kappa shape index (κ2) is 8.67. The number of aromatic amines is 1. The van der Waals surface area contributed by atoms with Gasteiger partial charge in [0.25, 0.3) is 5.56 Å². The number of carbonyl (C=O) groups excluding carboxylic acids is 1. The Morgan fingerprint density at radius 2 is 1.52 bits per heavy atom. The first kappa shape index (κ1) is 20.1. The van der Waals surface area contributed by atoms with Crippen LogP contribution in [0.2, 0.25) is 0 Å². The zero-order valence-corrected chi connectivity index (χ0v) is 17.2. The number of methoxy groups -OCH3 is 1. The Bertz CT molecular complexity index is 1300. The second-order valence-electron chi connectivity index (χ2n) is 6.91. The molecule has 0 fully saturated rings. The van der Waals surface area contributed by atoms with Gasteiger partial charge in [-0.1, -0.05) is 60.7 Å². The molecule has 0 bridgehead atoms. The minimum atomic E-state index is -0.480. The maximum absolute atomic E-state index is 13.4. The lowest BCUT2D eigenvalue weighted by atomic mass is 10.0. The second-order valence-corrected chi connectivity index (χ2v) is 6.91. The molecule has 0 aliphatic rings. The Hall–Kier alpha value is -4.19. The normalized spacial score (nSPS) is 11.4. The molecular formula is C25H21N3O3. The first-order valence-electron chi connectivity index (χ1n) is 9.79. The van der Waals surface area contributed by atoms with E-state index in [2.05, 4.69) is 10.1 Å². The van der Waals surface area contributed by atoms with Crippen molar-refractivity contribution in [3.8, 4) is 16.9 Å². The first-order valence-corrected chi connectivity index (χ1v) is 9.79. The molecular weight excluding hydrogens is 390 g/mol. The molecule has 1 heterocycles. The molecule has 4 rings (SSSR count). The van der Waals surface area contributed by atoms with E-state index in [0.29, 0.717) is 28.2 Å². The van der Waals surface area contributed by atoms with Crippen LogP contribution in [-0.2, 0) is 4.74 Å². The Morgan fingerprint density at radius 1 is 0.903 bits per heavy atom. The van der Waals surface area contributed by atoms with Gasteiger partial charge in [0.15, 0.2) is 0 Å². The van der Waals surface area contributed by atoms with Gasteiger partial charge in [-0.2, -0.15) is 0 Å². The highest BCUT2D eigenvalue weighted by molar-refractivity contribution is 6.06. The summed E-state index contributed by atoms with van der Waals surface area (Å²) in [6.45, 7) is 1.76. The number of aromatic nitrogens is 2. The van der Waals surface area contributed by atoms with Gasteiger partial charge in [-0.15, -0.1) is 0 Å². The third kappa shape index (κ3) is 3.96. The molecule has 4 aromatic rings. The topological polar surface area (TPSA) is 76.4 Å². The SMILES string of the molecule is COC(=O)c1ccccc1N=C(C)c1c(-c2ccccc2)[nH]n(-c2ccccc2)c1=O. The largest absolute Gasteiger partial charge is 0.465 e. The minimum absolute atomic E-state index is 0.221. The molecule has 0 amide bonds. The molecule has 0 aliphatic heterocycles. The molecule has 0 aliphatic carbocycles. The van der Waals surface area contributed by atoms with Gasteiger partial charge in [0.05, 0.1) is 41.0 Å². The van der Waals surface area contributed by atoms with E-state index in [4.69, 9.17) is 4.74 Å². The van der Waals surface area contributed by atoms with Crippen molar-refractivity contribution in [1.29, 1.82) is 0 Å². The van der Waals surface area contributed by atoms with Crippen molar-refractivity contribution in [2.75, 3.05) is 7.11 Å². The number of H-pyrrole nitrogens is 1. The molecule has 0 atom stereocenters. The van der Waals surface area contributed by atoms with Crippen LogP contribution in [0.4, 0.5) is 5.69 Å². The van der Waals surface area contributed by atoms with Crippen LogP contribution in [-0.4, -0.2) is 28.6 Å². The molecule has 31 heavy (non-hydrogen) atoms. The van der Waals surface area contributed by atoms with Gasteiger partial charge in [-0.05, 0) is 31.2 Å². The Balaban J connectivity index is 1.92. The summed E-state index contributed by atoms with van der Waals surface area (Å²) in [7, 11) is 1.33.